The van der Waals surface area contributed by atoms with Crippen molar-refractivity contribution >= 4 is 11.9 Å². The van der Waals surface area contributed by atoms with Crippen LogP contribution in [0, 0.1) is 11.6 Å². The molecule has 0 saturated carbocycles. The van der Waals surface area contributed by atoms with Crippen LogP contribution in [0.2, 0.25) is 0 Å². The van der Waals surface area contributed by atoms with Gasteiger partial charge in [0.2, 0.25) is 0 Å². The van der Waals surface area contributed by atoms with Crippen LogP contribution in [0.3, 0.4) is 0 Å². The summed E-state index contributed by atoms with van der Waals surface area (Å²) in [4.78, 5) is 22.6. The number of carbonyl (C=O) groups excluding carboxylic acids is 1. The van der Waals surface area contributed by atoms with Crippen LogP contribution < -0.4 is 5.32 Å². The van der Waals surface area contributed by atoms with Crippen molar-refractivity contribution in [3.05, 3.63) is 70.8 Å². The van der Waals surface area contributed by atoms with Crippen molar-refractivity contribution in [2.45, 2.75) is 6.54 Å². The van der Waals surface area contributed by atoms with Crippen LogP contribution in [0.25, 0.3) is 0 Å². The lowest BCUT2D eigenvalue weighted by Crippen LogP contribution is -2.25. The maximum absolute atomic E-state index is 13.4. The van der Waals surface area contributed by atoms with Crippen LogP contribution in [0.4, 0.5) is 8.78 Å². The Bertz CT molecular complexity index is 681. The number of carboxylic acids is 1. The predicted octanol–water partition coefficient (Wildman–Crippen LogP) is 2.59. The Morgan fingerprint density at radius 2 is 1.67 bits per heavy atom. The van der Waals surface area contributed by atoms with Gasteiger partial charge in [-0.2, -0.15) is 0 Å². The Morgan fingerprint density at radius 1 is 1.05 bits per heavy atom. The molecule has 0 saturated heterocycles. The average Bonchev–Trinajstić information content (AvgIpc) is 2.45. The Labute approximate surface area is 119 Å². The van der Waals surface area contributed by atoms with E-state index in [1.54, 1.807) is 6.07 Å². The van der Waals surface area contributed by atoms with E-state index in [1.165, 1.54) is 18.2 Å². The molecule has 0 unspecified atom stereocenters. The molecule has 2 N–H and O–H groups in total. The van der Waals surface area contributed by atoms with Gasteiger partial charge in [-0.15, -0.1) is 0 Å². The third-order valence-corrected chi connectivity index (χ3v) is 2.82. The van der Waals surface area contributed by atoms with Crippen LogP contribution in [-0.4, -0.2) is 17.0 Å². The quantitative estimate of drug-likeness (QED) is 0.910. The molecule has 0 aliphatic rings. The fraction of sp³-hybridized carbons (Fsp3) is 0.0667. The molecule has 0 fully saturated rings. The molecule has 108 valence electrons. The molecular formula is C15H11F2NO3. The first-order valence-electron chi connectivity index (χ1n) is 6.03. The normalized spacial score (nSPS) is 10.2. The molecular weight excluding hydrogens is 280 g/mol. The number of amides is 1. The smallest absolute Gasteiger partial charge is 0.335 e. The van der Waals surface area contributed by atoms with Crippen molar-refractivity contribution in [1.82, 2.24) is 5.32 Å². The summed E-state index contributed by atoms with van der Waals surface area (Å²) in [5, 5.41) is 11.2. The first-order valence-corrected chi connectivity index (χ1v) is 6.03. The molecule has 0 aromatic heterocycles. The lowest BCUT2D eigenvalue weighted by molar-refractivity contribution is 0.0696. The molecule has 2 aromatic carbocycles. The molecule has 2 rings (SSSR count). The number of nitrogens with one attached hydrogen (secondary N) is 1. The van der Waals surface area contributed by atoms with Gasteiger partial charge < -0.3 is 10.4 Å². The number of benzene rings is 2. The maximum Gasteiger partial charge on any atom is 0.335 e. The predicted molar refractivity (Wildman–Crippen MR) is 70.9 cm³/mol. The van der Waals surface area contributed by atoms with E-state index in [0.717, 1.165) is 18.2 Å². The SMILES string of the molecule is O=C(O)c1cccc(CNC(=O)c2c(F)cccc2F)c1. The van der Waals surface area contributed by atoms with Crippen LogP contribution in [0.1, 0.15) is 26.3 Å². The second kappa shape index (κ2) is 6.13. The van der Waals surface area contributed by atoms with E-state index < -0.39 is 29.1 Å². The molecule has 21 heavy (non-hydrogen) atoms. The average molecular weight is 291 g/mol. The Kier molecular flexibility index (Phi) is 4.27. The third kappa shape index (κ3) is 3.42. The highest BCUT2D eigenvalue weighted by Crippen LogP contribution is 2.12. The fourth-order valence-electron chi connectivity index (χ4n) is 1.80. The monoisotopic (exact) mass is 291 g/mol. The summed E-state index contributed by atoms with van der Waals surface area (Å²) < 4.78 is 26.8. The fourth-order valence-corrected chi connectivity index (χ4v) is 1.80. The summed E-state index contributed by atoms with van der Waals surface area (Å²) in [7, 11) is 0. The summed E-state index contributed by atoms with van der Waals surface area (Å²) in [6, 6.07) is 9.05. The highest BCUT2D eigenvalue weighted by Gasteiger charge is 2.16. The molecule has 0 heterocycles. The van der Waals surface area contributed by atoms with E-state index in [9.17, 15) is 18.4 Å². The molecule has 4 nitrogen and oxygen atoms in total. The second-order valence-corrected chi connectivity index (χ2v) is 4.28. The van der Waals surface area contributed by atoms with Gasteiger partial charge in [0.15, 0.2) is 0 Å². The highest BCUT2D eigenvalue weighted by molar-refractivity contribution is 5.94. The van der Waals surface area contributed by atoms with Crippen molar-refractivity contribution in [3.8, 4) is 0 Å². The molecule has 2 aromatic rings. The van der Waals surface area contributed by atoms with Crippen molar-refractivity contribution in [2.75, 3.05) is 0 Å². The van der Waals surface area contributed by atoms with E-state index in [4.69, 9.17) is 5.11 Å². The summed E-state index contributed by atoms with van der Waals surface area (Å²) in [6.07, 6.45) is 0. The van der Waals surface area contributed by atoms with E-state index in [2.05, 4.69) is 5.32 Å². The number of hydrogen-bond acceptors (Lipinski definition) is 2. The van der Waals surface area contributed by atoms with Crippen molar-refractivity contribution in [3.63, 3.8) is 0 Å². The van der Waals surface area contributed by atoms with Gasteiger partial charge in [-0.3, -0.25) is 4.79 Å². The summed E-state index contributed by atoms with van der Waals surface area (Å²) in [5.74, 6) is -3.90. The molecule has 0 aliphatic heterocycles. The standard InChI is InChI=1S/C15H11F2NO3/c16-11-5-2-6-12(17)13(11)14(19)18-8-9-3-1-4-10(7-9)15(20)21/h1-7H,8H2,(H,18,19)(H,20,21). The van der Waals surface area contributed by atoms with Crippen molar-refractivity contribution < 1.29 is 23.5 Å². The molecule has 0 radical (unpaired) electrons. The van der Waals surface area contributed by atoms with Gasteiger partial charge in [-0.1, -0.05) is 18.2 Å². The molecule has 0 atom stereocenters. The molecule has 0 bridgehead atoms. The molecule has 6 heteroatoms. The third-order valence-electron chi connectivity index (χ3n) is 2.82. The number of carbonyl (C=O) groups is 2. The zero-order valence-electron chi connectivity index (χ0n) is 10.8. The zero-order chi connectivity index (χ0) is 15.4. The Morgan fingerprint density at radius 3 is 2.29 bits per heavy atom. The van der Waals surface area contributed by atoms with Crippen LogP contribution in [0.15, 0.2) is 42.5 Å². The minimum absolute atomic E-state index is 0.0340. The number of aromatic carboxylic acids is 1. The molecule has 1 amide bonds. The first-order chi connectivity index (χ1) is 9.99. The van der Waals surface area contributed by atoms with Crippen LogP contribution in [0.5, 0.6) is 0 Å². The Hall–Kier alpha value is -2.76. The number of rotatable bonds is 4. The lowest BCUT2D eigenvalue weighted by Gasteiger charge is -2.07. The van der Waals surface area contributed by atoms with Gasteiger partial charge in [0.1, 0.15) is 17.2 Å². The van der Waals surface area contributed by atoms with Gasteiger partial charge in [-0.05, 0) is 29.8 Å². The Balaban J connectivity index is 2.11. The minimum atomic E-state index is -1.09. The van der Waals surface area contributed by atoms with E-state index in [0.29, 0.717) is 5.56 Å². The largest absolute Gasteiger partial charge is 0.478 e. The van der Waals surface area contributed by atoms with Gasteiger partial charge in [-0.25, -0.2) is 13.6 Å². The number of halogens is 2. The second-order valence-electron chi connectivity index (χ2n) is 4.28. The highest BCUT2D eigenvalue weighted by atomic mass is 19.1. The van der Waals surface area contributed by atoms with Crippen LogP contribution >= 0.6 is 0 Å². The number of hydrogen-bond donors (Lipinski definition) is 2. The lowest BCUT2D eigenvalue weighted by atomic mass is 10.1. The summed E-state index contributed by atoms with van der Waals surface area (Å²) in [6.45, 7) is -0.0340. The van der Waals surface area contributed by atoms with Crippen molar-refractivity contribution in [2.24, 2.45) is 0 Å². The van der Waals surface area contributed by atoms with Crippen LogP contribution in [-0.2, 0) is 6.54 Å². The topological polar surface area (TPSA) is 66.4 Å². The summed E-state index contributed by atoms with van der Waals surface area (Å²) in [5.41, 5.74) is -0.0780. The summed E-state index contributed by atoms with van der Waals surface area (Å²) >= 11 is 0. The van der Waals surface area contributed by atoms with Gasteiger partial charge >= 0.3 is 5.97 Å². The first kappa shape index (κ1) is 14.6. The van der Waals surface area contributed by atoms with Crippen molar-refractivity contribution in [1.29, 1.82) is 0 Å². The van der Waals surface area contributed by atoms with E-state index in [-0.39, 0.29) is 12.1 Å². The van der Waals surface area contributed by atoms with Gasteiger partial charge in [0.05, 0.1) is 5.56 Å². The van der Waals surface area contributed by atoms with Gasteiger partial charge in [0.25, 0.3) is 5.91 Å². The maximum atomic E-state index is 13.4. The molecule has 0 spiro atoms. The molecule has 0 aliphatic carbocycles. The van der Waals surface area contributed by atoms with E-state index >= 15 is 0 Å². The minimum Gasteiger partial charge on any atom is -0.478 e. The van der Waals surface area contributed by atoms with Gasteiger partial charge in [0, 0.05) is 6.54 Å². The van der Waals surface area contributed by atoms with E-state index in [1.807, 2.05) is 0 Å². The zero-order valence-corrected chi connectivity index (χ0v) is 10.8. The number of carboxylic acid groups (broad SMARTS) is 1.